The normalized spacial score (nSPS) is 12.0. The van der Waals surface area contributed by atoms with Crippen molar-refractivity contribution in [3.8, 4) is 17.1 Å². The average Bonchev–Trinajstić information content (AvgIpc) is 2.95. The largest absolute Gasteiger partial charge is 0.497 e. The van der Waals surface area contributed by atoms with Gasteiger partial charge in [0.2, 0.25) is 11.7 Å². The van der Waals surface area contributed by atoms with Crippen LogP contribution in [-0.2, 0) is 11.3 Å². The van der Waals surface area contributed by atoms with Crippen molar-refractivity contribution in [2.24, 2.45) is 0 Å². The third-order valence-electron chi connectivity index (χ3n) is 3.11. The molecule has 1 heterocycles. The number of amides is 1. The first-order valence-electron chi connectivity index (χ1n) is 6.84. The molecule has 21 heavy (non-hydrogen) atoms. The highest BCUT2D eigenvalue weighted by atomic mass is 16.5. The van der Waals surface area contributed by atoms with Gasteiger partial charge >= 0.3 is 0 Å². The van der Waals surface area contributed by atoms with Crippen LogP contribution in [0.15, 0.2) is 24.3 Å². The number of carbonyl (C=O) groups excluding carboxylic acids is 1. The van der Waals surface area contributed by atoms with Crippen molar-refractivity contribution >= 4 is 5.91 Å². The van der Waals surface area contributed by atoms with Gasteiger partial charge in [0.15, 0.2) is 0 Å². The van der Waals surface area contributed by atoms with Crippen molar-refractivity contribution in [2.75, 3.05) is 7.11 Å². The molecule has 1 aromatic heterocycles. The molecule has 0 radical (unpaired) electrons. The maximum absolute atomic E-state index is 11.8. The second kappa shape index (κ2) is 6.83. The van der Waals surface area contributed by atoms with Crippen molar-refractivity contribution in [2.45, 2.75) is 32.9 Å². The number of tetrazole rings is 1. The maximum Gasteiger partial charge on any atom is 0.243 e. The van der Waals surface area contributed by atoms with Crippen molar-refractivity contribution < 1.29 is 9.53 Å². The number of hydrogen-bond acceptors (Lipinski definition) is 5. The predicted molar refractivity (Wildman–Crippen MR) is 77.7 cm³/mol. The van der Waals surface area contributed by atoms with Crippen LogP contribution in [0.2, 0.25) is 0 Å². The second-order valence-corrected chi connectivity index (χ2v) is 4.75. The Kier molecular flexibility index (Phi) is 4.86. The summed E-state index contributed by atoms with van der Waals surface area (Å²) in [5.74, 6) is 1.12. The number of methoxy groups -OCH3 is 1. The average molecular weight is 289 g/mol. The van der Waals surface area contributed by atoms with E-state index in [9.17, 15) is 4.79 Å². The molecule has 112 valence electrons. The number of benzene rings is 1. The Labute approximate surface area is 123 Å². The van der Waals surface area contributed by atoms with Gasteiger partial charge in [0.25, 0.3) is 0 Å². The van der Waals surface area contributed by atoms with Crippen LogP contribution >= 0.6 is 0 Å². The second-order valence-electron chi connectivity index (χ2n) is 4.75. The summed E-state index contributed by atoms with van der Waals surface area (Å²) < 4.78 is 5.10. The molecule has 7 nitrogen and oxygen atoms in total. The minimum absolute atomic E-state index is 0.0630. The molecule has 0 bridgehead atoms. The molecule has 0 aliphatic rings. The molecule has 0 aliphatic carbocycles. The summed E-state index contributed by atoms with van der Waals surface area (Å²) in [4.78, 5) is 13.0. The fraction of sp³-hybridized carbons (Fsp3) is 0.429. The van der Waals surface area contributed by atoms with Gasteiger partial charge in [-0.1, -0.05) is 6.92 Å². The molecule has 0 saturated carbocycles. The van der Waals surface area contributed by atoms with E-state index in [0.29, 0.717) is 5.82 Å². The zero-order chi connectivity index (χ0) is 15.2. The summed E-state index contributed by atoms with van der Waals surface area (Å²) in [7, 11) is 1.61. The highest BCUT2D eigenvalue weighted by Crippen LogP contribution is 2.18. The van der Waals surface area contributed by atoms with Crippen molar-refractivity contribution in [3.63, 3.8) is 0 Å². The zero-order valence-corrected chi connectivity index (χ0v) is 12.4. The van der Waals surface area contributed by atoms with Gasteiger partial charge in [-0.3, -0.25) is 4.79 Å². The minimum atomic E-state index is -0.122. The lowest BCUT2D eigenvalue weighted by Gasteiger charge is -2.10. The molecule has 0 fully saturated rings. The van der Waals surface area contributed by atoms with E-state index < -0.39 is 0 Å². The van der Waals surface area contributed by atoms with Crippen LogP contribution < -0.4 is 10.1 Å². The van der Waals surface area contributed by atoms with Gasteiger partial charge in [0.05, 0.1) is 7.11 Å². The first-order valence-corrected chi connectivity index (χ1v) is 6.84. The maximum atomic E-state index is 11.8. The van der Waals surface area contributed by atoms with Gasteiger partial charge in [-0.2, -0.15) is 4.80 Å². The van der Waals surface area contributed by atoms with Crippen LogP contribution in [0.5, 0.6) is 5.75 Å². The molecule has 2 rings (SSSR count). The van der Waals surface area contributed by atoms with E-state index in [-0.39, 0.29) is 18.5 Å². The summed E-state index contributed by atoms with van der Waals surface area (Å²) in [5.41, 5.74) is 0.824. The van der Waals surface area contributed by atoms with E-state index in [0.717, 1.165) is 17.7 Å². The number of aromatic nitrogens is 4. The van der Waals surface area contributed by atoms with Gasteiger partial charge < -0.3 is 10.1 Å². The number of rotatable bonds is 6. The Bertz CT molecular complexity index is 594. The highest BCUT2D eigenvalue weighted by molar-refractivity contribution is 5.75. The Morgan fingerprint density at radius 2 is 2.10 bits per heavy atom. The van der Waals surface area contributed by atoms with Gasteiger partial charge in [-0.15, -0.1) is 10.2 Å². The molecule has 1 unspecified atom stereocenters. The summed E-state index contributed by atoms with van der Waals surface area (Å²) in [5, 5.41) is 14.9. The van der Waals surface area contributed by atoms with Crippen molar-refractivity contribution in [1.82, 2.24) is 25.5 Å². The standard InChI is InChI=1S/C14H19N5O2/c1-4-10(2)15-13(20)9-19-17-14(16-18-19)11-5-7-12(21-3)8-6-11/h5-8,10H,4,9H2,1-3H3,(H,15,20). The number of ether oxygens (including phenoxy) is 1. The van der Waals surface area contributed by atoms with E-state index in [2.05, 4.69) is 20.7 Å². The third kappa shape index (κ3) is 4.01. The number of nitrogens with zero attached hydrogens (tertiary/aromatic N) is 4. The molecule has 0 aliphatic heterocycles. The fourth-order valence-corrected chi connectivity index (χ4v) is 1.72. The smallest absolute Gasteiger partial charge is 0.243 e. The minimum Gasteiger partial charge on any atom is -0.497 e. The molecule has 1 N–H and O–H groups in total. The zero-order valence-electron chi connectivity index (χ0n) is 12.4. The Hall–Kier alpha value is -2.44. The molecule has 1 amide bonds. The topological polar surface area (TPSA) is 81.9 Å². The third-order valence-corrected chi connectivity index (χ3v) is 3.11. The first-order chi connectivity index (χ1) is 10.1. The van der Waals surface area contributed by atoms with Crippen LogP contribution in [0.3, 0.4) is 0 Å². The molecule has 2 aromatic rings. The van der Waals surface area contributed by atoms with Crippen molar-refractivity contribution in [1.29, 1.82) is 0 Å². The van der Waals surface area contributed by atoms with E-state index in [4.69, 9.17) is 4.74 Å². The molecule has 0 spiro atoms. The van der Waals surface area contributed by atoms with Crippen LogP contribution in [0.25, 0.3) is 11.4 Å². The van der Waals surface area contributed by atoms with Gasteiger partial charge in [0, 0.05) is 11.6 Å². The summed E-state index contributed by atoms with van der Waals surface area (Å²) >= 11 is 0. The van der Waals surface area contributed by atoms with Gasteiger partial charge in [-0.05, 0) is 42.8 Å². The number of nitrogens with one attached hydrogen (secondary N) is 1. The lowest BCUT2D eigenvalue weighted by Crippen LogP contribution is -2.35. The number of carbonyl (C=O) groups is 1. The fourth-order valence-electron chi connectivity index (χ4n) is 1.72. The lowest BCUT2D eigenvalue weighted by atomic mass is 10.2. The van der Waals surface area contributed by atoms with Crippen LogP contribution in [0.4, 0.5) is 0 Å². The molecule has 7 heteroatoms. The molecule has 1 atom stereocenters. The Morgan fingerprint density at radius 1 is 1.38 bits per heavy atom. The Morgan fingerprint density at radius 3 is 2.71 bits per heavy atom. The molecular weight excluding hydrogens is 270 g/mol. The van der Waals surface area contributed by atoms with Gasteiger partial charge in [0.1, 0.15) is 12.3 Å². The van der Waals surface area contributed by atoms with E-state index in [1.165, 1.54) is 4.80 Å². The highest BCUT2D eigenvalue weighted by Gasteiger charge is 2.10. The summed E-state index contributed by atoms with van der Waals surface area (Å²) in [6, 6.07) is 7.48. The van der Waals surface area contributed by atoms with Crippen molar-refractivity contribution in [3.05, 3.63) is 24.3 Å². The van der Waals surface area contributed by atoms with Crippen LogP contribution in [0, 0.1) is 0 Å². The Balaban J connectivity index is 2.02. The number of hydrogen-bond donors (Lipinski definition) is 1. The molecule has 1 aromatic carbocycles. The first kappa shape index (κ1) is 15.0. The molecular formula is C14H19N5O2. The SMILES string of the molecule is CCC(C)NC(=O)Cn1nnc(-c2ccc(OC)cc2)n1. The van der Waals surface area contributed by atoms with E-state index in [1.54, 1.807) is 7.11 Å². The van der Waals surface area contributed by atoms with Gasteiger partial charge in [-0.25, -0.2) is 0 Å². The van der Waals surface area contributed by atoms with E-state index in [1.807, 2.05) is 38.1 Å². The van der Waals surface area contributed by atoms with Crippen LogP contribution in [0.1, 0.15) is 20.3 Å². The van der Waals surface area contributed by atoms with E-state index >= 15 is 0 Å². The summed E-state index contributed by atoms with van der Waals surface area (Å²) in [6.45, 7) is 4.03. The monoisotopic (exact) mass is 289 g/mol. The summed E-state index contributed by atoms with van der Waals surface area (Å²) in [6.07, 6.45) is 0.883. The lowest BCUT2D eigenvalue weighted by molar-refractivity contribution is -0.122. The van der Waals surface area contributed by atoms with Crippen LogP contribution in [-0.4, -0.2) is 39.3 Å². The molecule has 0 saturated heterocycles. The quantitative estimate of drug-likeness (QED) is 0.866. The predicted octanol–water partition coefficient (Wildman–Crippen LogP) is 1.26.